The first-order valence-electron chi connectivity index (χ1n) is 11.1. The number of carbonyl (C=O) groups is 2. The zero-order valence-corrected chi connectivity index (χ0v) is 20.9. The maximum atomic E-state index is 13.1. The fraction of sp³-hybridized carbons (Fsp3) is 0.417. The molecular formula is C24H31N3O6S. The molecule has 0 bridgehead atoms. The Morgan fingerprint density at radius 2 is 1.79 bits per heavy atom. The van der Waals surface area contributed by atoms with Gasteiger partial charge in [0.2, 0.25) is 21.8 Å². The van der Waals surface area contributed by atoms with Gasteiger partial charge in [-0.15, -0.1) is 0 Å². The van der Waals surface area contributed by atoms with Crippen LogP contribution in [0.5, 0.6) is 11.5 Å². The van der Waals surface area contributed by atoms with Crippen molar-refractivity contribution in [2.45, 2.75) is 44.7 Å². The molecule has 10 heteroatoms. The minimum atomic E-state index is -3.65. The number of carbonyl (C=O) groups excluding carboxylic acids is 2. The molecule has 184 valence electrons. The van der Waals surface area contributed by atoms with Gasteiger partial charge >= 0.3 is 0 Å². The maximum absolute atomic E-state index is 13.1. The Bertz CT molecular complexity index is 1180. The maximum Gasteiger partial charge on any atom is 0.243 e. The van der Waals surface area contributed by atoms with Crippen LogP contribution in [0.25, 0.3) is 0 Å². The molecule has 1 heterocycles. The van der Waals surface area contributed by atoms with Gasteiger partial charge in [0.25, 0.3) is 0 Å². The summed E-state index contributed by atoms with van der Waals surface area (Å²) in [5, 5.41) is 2.87. The normalized spacial score (nSPS) is 15.2. The number of fused-ring (bicyclic) bond motifs is 1. The van der Waals surface area contributed by atoms with E-state index in [2.05, 4.69) is 5.32 Å². The van der Waals surface area contributed by atoms with Crippen molar-refractivity contribution in [1.29, 1.82) is 0 Å². The molecule has 9 nitrogen and oxygen atoms in total. The third-order valence-electron chi connectivity index (χ3n) is 5.97. The molecule has 0 saturated heterocycles. The number of hydrogen-bond donors (Lipinski definition) is 1. The number of ether oxygens (including phenoxy) is 2. The molecule has 0 saturated carbocycles. The van der Waals surface area contributed by atoms with Crippen LogP contribution in [0.15, 0.2) is 41.3 Å². The van der Waals surface area contributed by atoms with Crippen LogP contribution in [-0.4, -0.2) is 57.9 Å². The Morgan fingerprint density at radius 3 is 2.38 bits per heavy atom. The van der Waals surface area contributed by atoms with Gasteiger partial charge < -0.3 is 14.8 Å². The highest BCUT2D eigenvalue weighted by molar-refractivity contribution is 7.89. The first kappa shape index (κ1) is 25.5. The number of benzene rings is 2. The Hall–Kier alpha value is -3.11. The fourth-order valence-corrected chi connectivity index (χ4v) is 5.71. The second kappa shape index (κ2) is 10.4. The molecule has 0 aliphatic carbocycles. The quantitative estimate of drug-likeness (QED) is 0.580. The average molecular weight is 490 g/mol. The lowest BCUT2D eigenvalue weighted by Gasteiger charge is -2.24. The van der Waals surface area contributed by atoms with Crippen LogP contribution in [0.3, 0.4) is 0 Å². The molecule has 0 aromatic heterocycles. The van der Waals surface area contributed by atoms with E-state index in [1.165, 1.54) is 29.3 Å². The summed E-state index contributed by atoms with van der Waals surface area (Å²) in [5.74, 6) is 0.582. The topological polar surface area (TPSA) is 105 Å². The summed E-state index contributed by atoms with van der Waals surface area (Å²) >= 11 is 0. The predicted octanol–water partition coefficient (Wildman–Crippen LogP) is 2.33. The number of sulfonamides is 1. The number of hydrogen-bond acceptors (Lipinski definition) is 6. The van der Waals surface area contributed by atoms with E-state index in [0.29, 0.717) is 35.8 Å². The number of nitrogens with one attached hydrogen (secondary N) is 1. The molecular weight excluding hydrogens is 458 g/mol. The summed E-state index contributed by atoms with van der Waals surface area (Å²) in [7, 11) is -0.557. The number of rotatable bonds is 9. The van der Waals surface area contributed by atoms with Gasteiger partial charge in [0.15, 0.2) is 0 Å². The lowest BCUT2D eigenvalue weighted by molar-refractivity contribution is -0.125. The summed E-state index contributed by atoms with van der Waals surface area (Å²) in [6.45, 7) is 5.87. The van der Waals surface area contributed by atoms with Crippen LogP contribution in [0.1, 0.15) is 31.9 Å². The predicted molar refractivity (Wildman–Crippen MR) is 129 cm³/mol. The van der Waals surface area contributed by atoms with E-state index < -0.39 is 16.1 Å². The smallest absolute Gasteiger partial charge is 0.243 e. The van der Waals surface area contributed by atoms with Crippen molar-refractivity contribution < 1.29 is 27.5 Å². The first-order valence-corrected chi connectivity index (χ1v) is 12.5. The van der Waals surface area contributed by atoms with Crippen molar-refractivity contribution in [3.05, 3.63) is 47.5 Å². The van der Waals surface area contributed by atoms with Gasteiger partial charge in [-0.25, -0.2) is 8.42 Å². The number of methoxy groups -OCH3 is 2. The van der Waals surface area contributed by atoms with Crippen LogP contribution in [0.2, 0.25) is 0 Å². The Kier molecular flexibility index (Phi) is 7.83. The van der Waals surface area contributed by atoms with Crippen LogP contribution >= 0.6 is 0 Å². The van der Waals surface area contributed by atoms with Gasteiger partial charge in [-0.1, -0.05) is 13.8 Å². The molecule has 0 fully saturated rings. The summed E-state index contributed by atoms with van der Waals surface area (Å²) in [5.41, 5.74) is 1.95. The molecule has 2 aromatic carbocycles. The zero-order valence-electron chi connectivity index (χ0n) is 20.1. The van der Waals surface area contributed by atoms with E-state index in [-0.39, 0.29) is 29.7 Å². The second-order valence-electron chi connectivity index (χ2n) is 7.88. The highest BCUT2D eigenvalue weighted by Gasteiger charge is 2.38. The van der Waals surface area contributed by atoms with Crippen LogP contribution in [0, 0.1) is 0 Å². The minimum Gasteiger partial charge on any atom is -0.497 e. The van der Waals surface area contributed by atoms with Crippen molar-refractivity contribution in [3.8, 4) is 11.5 Å². The van der Waals surface area contributed by atoms with E-state index >= 15 is 0 Å². The molecule has 0 unspecified atom stereocenters. The summed E-state index contributed by atoms with van der Waals surface area (Å²) in [4.78, 5) is 27.1. The van der Waals surface area contributed by atoms with Gasteiger partial charge in [-0.3, -0.25) is 14.5 Å². The van der Waals surface area contributed by atoms with Crippen LogP contribution in [0.4, 0.5) is 5.69 Å². The molecule has 1 aliphatic rings. The fourth-order valence-electron chi connectivity index (χ4n) is 4.20. The lowest BCUT2D eigenvalue weighted by Crippen LogP contribution is -2.47. The van der Waals surface area contributed by atoms with Crippen molar-refractivity contribution in [1.82, 2.24) is 9.62 Å². The molecule has 3 rings (SSSR count). The molecule has 1 atom stereocenters. The molecule has 0 spiro atoms. The number of anilines is 1. The number of nitrogens with zero attached hydrogens (tertiary/aromatic N) is 2. The van der Waals surface area contributed by atoms with E-state index in [9.17, 15) is 18.0 Å². The zero-order chi connectivity index (χ0) is 25.0. The Balaban J connectivity index is 1.83. The van der Waals surface area contributed by atoms with E-state index in [1.807, 2.05) is 0 Å². The minimum absolute atomic E-state index is 0.155. The highest BCUT2D eigenvalue weighted by Crippen LogP contribution is 2.35. The van der Waals surface area contributed by atoms with Crippen LogP contribution < -0.4 is 19.7 Å². The van der Waals surface area contributed by atoms with Crippen molar-refractivity contribution in [3.63, 3.8) is 0 Å². The summed E-state index contributed by atoms with van der Waals surface area (Å²) in [6.07, 6.45) is 0.224. The van der Waals surface area contributed by atoms with E-state index in [0.717, 1.165) is 5.56 Å². The SMILES string of the molecule is CCN(CC)S(=O)(=O)c1ccc2c(c1)C[C@H](C(=O)NCc1ccc(OC)cc1OC)N2C(C)=O. The monoisotopic (exact) mass is 489 g/mol. The molecule has 0 radical (unpaired) electrons. The molecule has 2 aromatic rings. The van der Waals surface area contributed by atoms with Gasteiger partial charge in [0.1, 0.15) is 17.5 Å². The molecule has 34 heavy (non-hydrogen) atoms. The van der Waals surface area contributed by atoms with E-state index in [1.54, 1.807) is 51.3 Å². The van der Waals surface area contributed by atoms with Crippen molar-refractivity contribution >= 4 is 27.5 Å². The largest absolute Gasteiger partial charge is 0.497 e. The third kappa shape index (κ3) is 4.88. The molecule has 2 amide bonds. The summed E-state index contributed by atoms with van der Waals surface area (Å²) in [6, 6.07) is 9.19. The van der Waals surface area contributed by atoms with Crippen molar-refractivity contribution in [2.24, 2.45) is 0 Å². The Labute approximate surface area is 200 Å². The van der Waals surface area contributed by atoms with Gasteiger partial charge in [0.05, 0.1) is 19.1 Å². The van der Waals surface area contributed by atoms with E-state index in [4.69, 9.17) is 9.47 Å². The molecule has 1 N–H and O–H groups in total. The van der Waals surface area contributed by atoms with Gasteiger partial charge in [-0.2, -0.15) is 4.31 Å². The summed E-state index contributed by atoms with van der Waals surface area (Å²) < 4.78 is 37.8. The van der Waals surface area contributed by atoms with Gasteiger partial charge in [0, 0.05) is 50.3 Å². The second-order valence-corrected chi connectivity index (χ2v) is 9.82. The molecule has 1 aliphatic heterocycles. The third-order valence-corrected chi connectivity index (χ3v) is 8.01. The number of amides is 2. The average Bonchev–Trinajstić information content (AvgIpc) is 3.22. The lowest BCUT2D eigenvalue weighted by atomic mass is 10.1. The van der Waals surface area contributed by atoms with Crippen LogP contribution in [-0.2, 0) is 32.6 Å². The standard InChI is InChI=1S/C24H31N3O6S/c1-6-26(7-2)34(30,31)20-10-11-21-18(12-20)13-22(27(21)16(3)28)24(29)25-15-17-8-9-19(32-4)14-23(17)33-5/h8-12,14,22H,6-7,13,15H2,1-5H3,(H,25,29)/t22-/m1/s1. The van der Waals surface area contributed by atoms with Gasteiger partial charge in [-0.05, 0) is 35.9 Å². The van der Waals surface area contributed by atoms with Crippen molar-refractivity contribution in [2.75, 3.05) is 32.2 Å². The highest BCUT2D eigenvalue weighted by atomic mass is 32.2. The first-order chi connectivity index (χ1) is 16.2. The Morgan fingerprint density at radius 1 is 1.09 bits per heavy atom.